The lowest BCUT2D eigenvalue weighted by atomic mass is 9.87. The number of nitrogens with one attached hydrogen (secondary N) is 1. The summed E-state index contributed by atoms with van der Waals surface area (Å²) in [5.74, 6) is 0.937. The van der Waals surface area contributed by atoms with Gasteiger partial charge < -0.3 is 5.32 Å². The highest BCUT2D eigenvalue weighted by molar-refractivity contribution is 4.88. The first-order chi connectivity index (χ1) is 7.09. The van der Waals surface area contributed by atoms with Crippen molar-refractivity contribution in [2.75, 3.05) is 6.54 Å². The van der Waals surface area contributed by atoms with Crippen LogP contribution >= 0.6 is 0 Å². The van der Waals surface area contributed by atoms with E-state index in [1.807, 2.05) is 0 Å². The third-order valence-electron chi connectivity index (χ3n) is 3.83. The highest BCUT2D eigenvalue weighted by Gasteiger charge is 2.34. The van der Waals surface area contributed by atoms with Gasteiger partial charge in [-0.25, -0.2) is 0 Å². The van der Waals surface area contributed by atoms with Crippen LogP contribution in [0.4, 0.5) is 0 Å². The fourth-order valence-electron chi connectivity index (χ4n) is 2.98. The van der Waals surface area contributed by atoms with Crippen LogP contribution in [0.15, 0.2) is 0 Å². The summed E-state index contributed by atoms with van der Waals surface area (Å²) in [5, 5.41) is 3.75. The Bertz CT molecular complexity index is 174. The Morgan fingerprint density at radius 3 is 2.47 bits per heavy atom. The van der Waals surface area contributed by atoms with Gasteiger partial charge >= 0.3 is 0 Å². The third kappa shape index (κ3) is 4.14. The third-order valence-corrected chi connectivity index (χ3v) is 3.83. The normalized spacial score (nSPS) is 26.8. The molecule has 0 heterocycles. The summed E-state index contributed by atoms with van der Waals surface area (Å²) in [6.07, 6.45) is 8.23. The summed E-state index contributed by atoms with van der Waals surface area (Å²) in [7, 11) is 0. The van der Waals surface area contributed by atoms with E-state index in [-0.39, 0.29) is 0 Å². The van der Waals surface area contributed by atoms with Gasteiger partial charge in [0.1, 0.15) is 0 Å². The minimum Gasteiger partial charge on any atom is -0.314 e. The van der Waals surface area contributed by atoms with Crippen LogP contribution in [0.5, 0.6) is 0 Å². The summed E-state index contributed by atoms with van der Waals surface area (Å²) in [6.45, 7) is 10.6. The van der Waals surface area contributed by atoms with Crippen LogP contribution in [0.2, 0.25) is 0 Å². The van der Waals surface area contributed by atoms with Gasteiger partial charge in [0.05, 0.1) is 0 Å². The van der Waals surface area contributed by atoms with Crippen molar-refractivity contribution in [2.45, 2.75) is 72.3 Å². The molecule has 0 saturated heterocycles. The topological polar surface area (TPSA) is 12.0 Å². The molecular formula is C14H29N. The fraction of sp³-hybridized carbons (Fsp3) is 1.00. The second kappa shape index (κ2) is 5.89. The lowest BCUT2D eigenvalue weighted by Gasteiger charge is -2.26. The lowest BCUT2D eigenvalue weighted by molar-refractivity contribution is 0.298. The molecule has 2 unspecified atom stereocenters. The van der Waals surface area contributed by atoms with Gasteiger partial charge in [0.15, 0.2) is 0 Å². The average Bonchev–Trinajstić information content (AvgIpc) is 2.53. The fourth-order valence-corrected chi connectivity index (χ4v) is 2.98. The van der Waals surface area contributed by atoms with E-state index in [4.69, 9.17) is 0 Å². The molecule has 1 aliphatic rings. The Balaban J connectivity index is 2.42. The molecule has 1 heteroatoms. The van der Waals surface area contributed by atoms with Gasteiger partial charge in [-0.3, -0.25) is 0 Å². The smallest absolute Gasteiger partial charge is 0.00954 e. The molecular weight excluding hydrogens is 182 g/mol. The Kier molecular flexibility index (Phi) is 5.11. The standard InChI is InChI=1S/C14H29N/c1-5-7-13(15-10-6-2)12-8-9-14(3,4)11-12/h12-13,15H,5-11H2,1-4H3. The van der Waals surface area contributed by atoms with Gasteiger partial charge in [0.2, 0.25) is 0 Å². The maximum absolute atomic E-state index is 3.75. The summed E-state index contributed by atoms with van der Waals surface area (Å²) in [5.41, 5.74) is 0.602. The van der Waals surface area contributed by atoms with E-state index in [2.05, 4.69) is 33.0 Å². The van der Waals surface area contributed by atoms with Crippen molar-refractivity contribution >= 4 is 0 Å². The zero-order valence-corrected chi connectivity index (χ0v) is 11.1. The lowest BCUT2D eigenvalue weighted by Crippen LogP contribution is -2.36. The van der Waals surface area contributed by atoms with Gasteiger partial charge in [-0.15, -0.1) is 0 Å². The highest BCUT2D eigenvalue weighted by Crippen LogP contribution is 2.42. The van der Waals surface area contributed by atoms with Crippen LogP contribution in [0.1, 0.15) is 66.2 Å². The van der Waals surface area contributed by atoms with Crippen LogP contribution < -0.4 is 5.32 Å². The van der Waals surface area contributed by atoms with Crippen molar-refractivity contribution in [3.63, 3.8) is 0 Å². The van der Waals surface area contributed by atoms with Crippen LogP contribution in [-0.4, -0.2) is 12.6 Å². The summed E-state index contributed by atoms with van der Waals surface area (Å²) in [4.78, 5) is 0. The van der Waals surface area contributed by atoms with Crippen molar-refractivity contribution in [1.82, 2.24) is 5.32 Å². The van der Waals surface area contributed by atoms with E-state index in [9.17, 15) is 0 Å². The largest absolute Gasteiger partial charge is 0.314 e. The minimum atomic E-state index is 0.602. The molecule has 1 N–H and O–H groups in total. The van der Waals surface area contributed by atoms with Crippen LogP contribution in [0.25, 0.3) is 0 Å². The van der Waals surface area contributed by atoms with Crippen molar-refractivity contribution in [1.29, 1.82) is 0 Å². The van der Waals surface area contributed by atoms with E-state index in [1.165, 1.54) is 45.1 Å². The molecule has 1 rings (SSSR count). The van der Waals surface area contributed by atoms with E-state index in [0.29, 0.717) is 5.41 Å². The van der Waals surface area contributed by atoms with Gasteiger partial charge in [0, 0.05) is 6.04 Å². The van der Waals surface area contributed by atoms with Gasteiger partial charge in [0.25, 0.3) is 0 Å². The second-order valence-corrected chi connectivity index (χ2v) is 6.02. The molecule has 0 aromatic carbocycles. The maximum atomic E-state index is 3.75. The van der Waals surface area contributed by atoms with E-state index < -0.39 is 0 Å². The number of hydrogen-bond donors (Lipinski definition) is 1. The molecule has 0 amide bonds. The molecule has 0 bridgehead atoms. The molecule has 1 fully saturated rings. The molecule has 0 aromatic heterocycles. The monoisotopic (exact) mass is 211 g/mol. The van der Waals surface area contributed by atoms with Crippen LogP contribution in [0.3, 0.4) is 0 Å². The molecule has 1 nitrogen and oxygen atoms in total. The summed E-state index contributed by atoms with van der Waals surface area (Å²) >= 11 is 0. The minimum absolute atomic E-state index is 0.602. The van der Waals surface area contributed by atoms with Crippen LogP contribution in [-0.2, 0) is 0 Å². The molecule has 0 radical (unpaired) electrons. The first kappa shape index (κ1) is 13.0. The average molecular weight is 211 g/mol. The molecule has 0 aromatic rings. The van der Waals surface area contributed by atoms with Crippen molar-refractivity contribution in [2.24, 2.45) is 11.3 Å². The predicted molar refractivity (Wildman–Crippen MR) is 68.1 cm³/mol. The molecule has 90 valence electrons. The van der Waals surface area contributed by atoms with Crippen molar-refractivity contribution in [3.8, 4) is 0 Å². The van der Waals surface area contributed by atoms with E-state index >= 15 is 0 Å². The van der Waals surface area contributed by atoms with Gasteiger partial charge in [-0.1, -0.05) is 34.1 Å². The van der Waals surface area contributed by atoms with Gasteiger partial charge in [-0.05, 0) is 50.0 Å². The first-order valence-electron chi connectivity index (χ1n) is 6.82. The molecule has 2 atom stereocenters. The van der Waals surface area contributed by atoms with Crippen LogP contribution in [0, 0.1) is 11.3 Å². The Morgan fingerprint density at radius 1 is 1.27 bits per heavy atom. The highest BCUT2D eigenvalue weighted by atomic mass is 14.9. The quantitative estimate of drug-likeness (QED) is 0.700. The van der Waals surface area contributed by atoms with Crippen molar-refractivity contribution < 1.29 is 0 Å². The molecule has 15 heavy (non-hydrogen) atoms. The number of rotatable bonds is 6. The second-order valence-electron chi connectivity index (χ2n) is 6.02. The SMILES string of the molecule is CCCNC(CCC)C1CCC(C)(C)C1. The van der Waals surface area contributed by atoms with E-state index in [1.54, 1.807) is 0 Å². The summed E-state index contributed by atoms with van der Waals surface area (Å²) < 4.78 is 0. The van der Waals surface area contributed by atoms with Crippen molar-refractivity contribution in [3.05, 3.63) is 0 Å². The Hall–Kier alpha value is -0.0400. The summed E-state index contributed by atoms with van der Waals surface area (Å²) in [6, 6.07) is 0.789. The predicted octanol–water partition coefficient (Wildman–Crippen LogP) is 3.98. The Labute approximate surface area is 96.0 Å². The Morgan fingerprint density at radius 2 is 2.00 bits per heavy atom. The molecule has 0 spiro atoms. The molecule has 0 aliphatic heterocycles. The first-order valence-corrected chi connectivity index (χ1v) is 6.82. The zero-order valence-electron chi connectivity index (χ0n) is 11.1. The molecule has 1 saturated carbocycles. The molecule has 1 aliphatic carbocycles. The van der Waals surface area contributed by atoms with Gasteiger partial charge in [-0.2, -0.15) is 0 Å². The zero-order chi connectivity index (χ0) is 11.3. The van der Waals surface area contributed by atoms with E-state index in [0.717, 1.165) is 12.0 Å². The maximum Gasteiger partial charge on any atom is 0.00954 e. The number of hydrogen-bond acceptors (Lipinski definition) is 1.